The highest BCUT2D eigenvalue weighted by Gasteiger charge is 2.34. The predicted octanol–water partition coefficient (Wildman–Crippen LogP) is 7.88. The second-order valence-corrected chi connectivity index (χ2v) is 8.81. The van der Waals surface area contributed by atoms with Crippen LogP contribution in [0.1, 0.15) is 36.0 Å². The topological polar surface area (TPSA) is 0 Å². The quantitative estimate of drug-likeness (QED) is 0.384. The van der Waals surface area contributed by atoms with Crippen LogP contribution in [0.25, 0.3) is 16.3 Å². The van der Waals surface area contributed by atoms with E-state index in [-0.39, 0.29) is 22.2 Å². The molecule has 0 radical (unpaired) electrons. The molecule has 0 heterocycles. The molecular formula is C27H22ClF. The Hall–Kier alpha value is -2.64. The third-order valence-corrected chi connectivity index (χ3v) is 6.81. The zero-order chi connectivity index (χ0) is 20.2. The van der Waals surface area contributed by atoms with Gasteiger partial charge in [0.25, 0.3) is 0 Å². The molecule has 0 amide bonds. The van der Waals surface area contributed by atoms with Crippen molar-refractivity contribution in [3.63, 3.8) is 0 Å². The zero-order valence-corrected chi connectivity index (χ0v) is 17.1. The van der Waals surface area contributed by atoms with Crippen molar-refractivity contribution in [1.82, 2.24) is 0 Å². The molecule has 3 aromatic rings. The van der Waals surface area contributed by atoms with E-state index in [1.165, 1.54) is 39.1 Å². The molecule has 5 rings (SSSR count). The lowest BCUT2D eigenvalue weighted by atomic mass is 9.66. The van der Waals surface area contributed by atoms with Gasteiger partial charge in [0, 0.05) is 11.3 Å². The lowest BCUT2D eigenvalue weighted by Crippen LogP contribution is -2.23. The van der Waals surface area contributed by atoms with Gasteiger partial charge >= 0.3 is 0 Å². The largest absolute Gasteiger partial charge is 0.205 e. The van der Waals surface area contributed by atoms with Gasteiger partial charge in [0.15, 0.2) is 0 Å². The van der Waals surface area contributed by atoms with Crippen LogP contribution in [-0.4, -0.2) is 0 Å². The van der Waals surface area contributed by atoms with Gasteiger partial charge in [-0.3, -0.25) is 0 Å². The van der Waals surface area contributed by atoms with Crippen molar-refractivity contribution in [1.29, 1.82) is 0 Å². The minimum absolute atomic E-state index is 0.0741. The first-order valence-electron chi connectivity index (χ1n) is 10.0. The van der Waals surface area contributed by atoms with Crippen LogP contribution in [0.15, 0.2) is 85.0 Å². The number of hydrogen-bond acceptors (Lipinski definition) is 0. The van der Waals surface area contributed by atoms with E-state index >= 15 is 0 Å². The van der Waals surface area contributed by atoms with Gasteiger partial charge < -0.3 is 0 Å². The van der Waals surface area contributed by atoms with E-state index in [0.717, 1.165) is 18.4 Å². The Morgan fingerprint density at radius 2 is 1.97 bits per heavy atom. The minimum Gasteiger partial charge on any atom is -0.205 e. The molecule has 0 aliphatic heterocycles. The van der Waals surface area contributed by atoms with Crippen LogP contribution in [0.4, 0.5) is 4.39 Å². The van der Waals surface area contributed by atoms with E-state index in [4.69, 9.17) is 11.6 Å². The van der Waals surface area contributed by atoms with E-state index < -0.39 is 0 Å². The van der Waals surface area contributed by atoms with Crippen molar-refractivity contribution in [3.05, 3.63) is 113 Å². The summed E-state index contributed by atoms with van der Waals surface area (Å²) in [5, 5.41) is 2.73. The number of fused-ring (bicyclic) bond motifs is 4. The highest BCUT2D eigenvalue weighted by molar-refractivity contribution is 6.30. The number of benzene rings is 3. The smallest absolute Gasteiger partial charge is 0.141 e. The third-order valence-electron chi connectivity index (χ3n) is 6.52. The average molecular weight is 401 g/mol. The Morgan fingerprint density at radius 3 is 2.76 bits per heavy atom. The molecule has 0 aromatic heterocycles. The number of hydrogen-bond donors (Lipinski definition) is 0. The third kappa shape index (κ3) is 2.96. The van der Waals surface area contributed by atoms with Gasteiger partial charge in [-0.05, 0) is 58.0 Å². The molecule has 0 spiro atoms. The van der Waals surface area contributed by atoms with Crippen LogP contribution in [0, 0.1) is 11.2 Å². The Kier molecular flexibility index (Phi) is 4.26. The molecule has 3 aromatic carbocycles. The Balaban J connectivity index is 1.76. The molecule has 2 aliphatic rings. The first-order chi connectivity index (χ1) is 14.0. The van der Waals surface area contributed by atoms with Crippen molar-refractivity contribution in [3.8, 4) is 0 Å². The van der Waals surface area contributed by atoms with Crippen LogP contribution < -0.4 is 0 Å². The zero-order valence-electron chi connectivity index (χ0n) is 16.4. The number of rotatable bonds is 2. The monoisotopic (exact) mass is 400 g/mol. The average Bonchev–Trinajstić information content (AvgIpc) is 2.74. The SMILES string of the molecule is C=CC1(C)C=CC2=C(C1)C(c1ccc(F)c(Cl)c1)Cc1c2ccc2ccccc12. The van der Waals surface area contributed by atoms with Crippen LogP contribution in [0.2, 0.25) is 5.02 Å². The van der Waals surface area contributed by atoms with Crippen molar-refractivity contribution in [2.75, 3.05) is 0 Å². The molecule has 2 atom stereocenters. The van der Waals surface area contributed by atoms with Gasteiger partial charge in [0.1, 0.15) is 5.82 Å². The molecule has 0 N–H and O–H groups in total. The summed E-state index contributed by atoms with van der Waals surface area (Å²) in [6.07, 6.45) is 8.34. The van der Waals surface area contributed by atoms with Gasteiger partial charge in [-0.15, -0.1) is 6.58 Å². The molecule has 2 aliphatic carbocycles. The fraction of sp³-hybridized carbons (Fsp3) is 0.185. The summed E-state index contributed by atoms with van der Waals surface area (Å²) in [5.41, 5.74) is 6.35. The fourth-order valence-electron chi connectivity index (χ4n) is 4.84. The van der Waals surface area contributed by atoms with Crippen molar-refractivity contribution in [2.24, 2.45) is 5.41 Å². The standard InChI is InChI=1S/C27H22ClF/c1-3-27(2)13-12-21-20-10-8-17-6-4-5-7-19(17)23(20)15-22(24(21)16-27)18-9-11-26(29)25(28)14-18/h3-14,22H,1,15-16H2,2H3. The lowest BCUT2D eigenvalue weighted by molar-refractivity contribution is 0.514. The van der Waals surface area contributed by atoms with Crippen LogP contribution in [0.5, 0.6) is 0 Å². The number of allylic oxidation sites excluding steroid dienone is 5. The molecular weight excluding hydrogens is 379 g/mol. The minimum atomic E-state index is -0.370. The van der Waals surface area contributed by atoms with E-state index in [1.807, 2.05) is 12.1 Å². The van der Waals surface area contributed by atoms with E-state index in [0.29, 0.717) is 0 Å². The van der Waals surface area contributed by atoms with E-state index in [2.05, 4.69) is 62.1 Å². The summed E-state index contributed by atoms with van der Waals surface area (Å²) in [6.45, 7) is 6.27. The van der Waals surface area contributed by atoms with Crippen molar-refractivity contribution < 1.29 is 4.39 Å². The normalized spacial score (nSPS) is 23.1. The Bertz CT molecular complexity index is 1220. The number of halogens is 2. The first kappa shape index (κ1) is 18.4. The van der Waals surface area contributed by atoms with Crippen LogP contribution in [-0.2, 0) is 6.42 Å². The van der Waals surface area contributed by atoms with Gasteiger partial charge in [-0.25, -0.2) is 4.39 Å². The molecule has 0 saturated carbocycles. The molecule has 144 valence electrons. The lowest BCUT2D eigenvalue weighted by Gasteiger charge is -2.38. The van der Waals surface area contributed by atoms with Crippen LogP contribution >= 0.6 is 11.6 Å². The highest BCUT2D eigenvalue weighted by atomic mass is 35.5. The predicted molar refractivity (Wildman–Crippen MR) is 121 cm³/mol. The summed E-state index contributed by atoms with van der Waals surface area (Å²) in [6, 6.07) is 18.2. The summed E-state index contributed by atoms with van der Waals surface area (Å²) >= 11 is 6.17. The van der Waals surface area contributed by atoms with E-state index in [9.17, 15) is 4.39 Å². The molecule has 0 saturated heterocycles. The molecule has 0 fully saturated rings. The van der Waals surface area contributed by atoms with Crippen molar-refractivity contribution in [2.45, 2.75) is 25.7 Å². The Morgan fingerprint density at radius 1 is 1.14 bits per heavy atom. The summed E-state index contributed by atoms with van der Waals surface area (Å²) in [4.78, 5) is 0. The van der Waals surface area contributed by atoms with Gasteiger partial charge in [0.05, 0.1) is 5.02 Å². The molecule has 0 nitrogen and oxygen atoms in total. The molecule has 0 bridgehead atoms. The second kappa shape index (κ2) is 6.71. The van der Waals surface area contributed by atoms with Gasteiger partial charge in [0.2, 0.25) is 0 Å². The maximum absolute atomic E-state index is 13.9. The first-order valence-corrected chi connectivity index (χ1v) is 10.4. The van der Waals surface area contributed by atoms with E-state index in [1.54, 1.807) is 6.07 Å². The highest BCUT2D eigenvalue weighted by Crippen LogP contribution is 2.50. The summed E-state index contributed by atoms with van der Waals surface area (Å²) < 4.78 is 13.9. The molecule has 2 unspecified atom stereocenters. The van der Waals surface area contributed by atoms with Gasteiger partial charge in [-0.1, -0.05) is 84.8 Å². The maximum Gasteiger partial charge on any atom is 0.141 e. The molecule has 29 heavy (non-hydrogen) atoms. The van der Waals surface area contributed by atoms with Crippen LogP contribution in [0.3, 0.4) is 0 Å². The van der Waals surface area contributed by atoms with Gasteiger partial charge in [-0.2, -0.15) is 0 Å². The Labute approximate surface area is 176 Å². The maximum atomic E-state index is 13.9. The second-order valence-electron chi connectivity index (χ2n) is 8.40. The fourth-order valence-corrected chi connectivity index (χ4v) is 5.03. The molecule has 2 heteroatoms. The summed E-state index contributed by atoms with van der Waals surface area (Å²) in [7, 11) is 0. The van der Waals surface area contributed by atoms with Crippen molar-refractivity contribution >= 4 is 27.9 Å². The summed E-state index contributed by atoms with van der Waals surface area (Å²) in [5.74, 6) is -0.198.